The fourth-order valence-electron chi connectivity index (χ4n) is 2.31. The quantitative estimate of drug-likeness (QED) is 0.536. The first kappa shape index (κ1) is 20.3. The number of benzene rings is 2. The van der Waals surface area contributed by atoms with Crippen LogP contribution in [-0.2, 0) is 16.1 Å². The number of nitrogens with one attached hydrogen (secondary N) is 1. The minimum atomic E-state index is -0.518. The molecule has 0 spiro atoms. The van der Waals surface area contributed by atoms with Gasteiger partial charge in [0.2, 0.25) is 0 Å². The molecule has 7 nitrogen and oxygen atoms in total. The molecule has 3 aromatic rings. The molecule has 0 aliphatic rings. The number of carbonyl (C=O) groups is 2. The van der Waals surface area contributed by atoms with Gasteiger partial charge in [-0.1, -0.05) is 30.3 Å². The molecule has 0 fully saturated rings. The monoisotopic (exact) mass is 412 g/mol. The molecular formula is C21H20N2O5S. The highest BCUT2D eigenvalue weighted by Crippen LogP contribution is 2.19. The molecule has 0 unspecified atom stereocenters. The zero-order valence-corrected chi connectivity index (χ0v) is 16.6. The Hall–Kier alpha value is -3.39. The van der Waals surface area contributed by atoms with Crippen LogP contribution in [0.3, 0.4) is 0 Å². The number of esters is 1. The normalized spacial score (nSPS) is 10.2. The van der Waals surface area contributed by atoms with Crippen LogP contribution in [-0.4, -0.2) is 30.1 Å². The number of aromatic nitrogens is 1. The van der Waals surface area contributed by atoms with Gasteiger partial charge in [0.05, 0.1) is 6.61 Å². The molecule has 29 heavy (non-hydrogen) atoms. The number of carbonyl (C=O) groups excluding carboxylic acids is 2. The molecule has 0 radical (unpaired) electrons. The van der Waals surface area contributed by atoms with Gasteiger partial charge >= 0.3 is 5.97 Å². The molecule has 1 N–H and O–H groups in total. The molecule has 0 aliphatic heterocycles. The second-order valence-corrected chi connectivity index (χ2v) is 6.70. The third-order valence-electron chi connectivity index (χ3n) is 3.68. The van der Waals surface area contributed by atoms with E-state index in [9.17, 15) is 9.59 Å². The Morgan fingerprint density at radius 3 is 2.38 bits per heavy atom. The Morgan fingerprint density at radius 1 is 1.00 bits per heavy atom. The standard InChI is InChI=1S/C21H20N2O5S/c1-2-26-20(25)18-14-29-21(22-18)23-19(24)13-28-17-10-8-16(9-11-17)27-12-15-6-4-3-5-7-15/h3-11,14H,2,12-13H2,1H3,(H,22,23,24). The summed E-state index contributed by atoms with van der Waals surface area (Å²) in [5.41, 5.74) is 1.25. The highest BCUT2D eigenvalue weighted by Gasteiger charge is 2.13. The maximum Gasteiger partial charge on any atom is 0.357 e. The number of hydrogen-bond acceptors (Lipinski definition) is 7. The smallest absolute Gasteiger partial charge is 0.357 e. The zero-order valence-electron chi connectivity index (χ0n) is 15.8. The van der Waals surface area contributed by atoms with E-state index in [0.29, 0.717) is 23.2 Å². The van der Waals surface area contributed by atoms with E-state index in [-0.39, 0.29) is 24.8 Å². The minimum absolute atomic E-state index is 0.166. The van der Waals surface area contributed by atoms with Crippen molar-refractivity contribution in [2.45, 2.75) is 13.5 Å². The van der Waals surface area contributed by atoms with Crippen LogP contribution in [0, 0.1) is 0 Å². The van der Waals surface area contributed by atoms with Crippen LogP contribution in [0.1, 0.15) is 23.0 Å². The van der Waals surface area contributed by atoms with Gasteiger partial charge in [-0.15, -0.1) is 11.3 Å². The number of nitrogens with zero attached hydrogens (tertiary/aromatic N) is 1. The molecule has 0 aliphatic carbocycles. The average Bonchev–Trinajstić information content (AvgIpc) is 3.21. The third kappa shape index (κ3) is 6.32. The van der Waals surface area contributed by atoms with Crippen molar-refractivity contribution in [3.63, 3.8) is 0 Å². The van der Waals surface area contributed by atoms with Crippen molar-refractivity contribution in [2.75, 3.05) is 18.5 Å². The first-order chi connectivity index (χ1) is 14.1. The Morgan fingerprint density at radius 2 is 1.69 bits per heavy atom. The molecule has 0 atom stereocenters. The van der Waals surface area contributed by atoms with E-state index in [0.717, 1.165) is 16.9 Å². The molecule has 8 heteroatoms. The molecule has 0 saturated carbocycles. The van der Waals surface area contributed by atoms with Crippen molar-refractivity contribution < 1.29 is 23.8 Å². The molecule has 3 rings (SSSR count). The number of hydrogen-bond donors (Lipinski definition) is 1. The molecular weight excluding hydrogens is 392 g/mol. The summed E-state index contributed by atoms with van der Waals surface area (Å²) in [7, 11) is 0. The number of ether oxygens (including phenoxy) is 3. The summed E-state index contributed by atoms with van der Waals surface area (Å²) in [6.07, 6.45) is 0. The van der Waals surface area contributed by atoms with E-state index < -0.39 is 5.97 Å². The summed E-state index contributed by atoms with van der Waals surface area (Å²) in [5.74, 6) is 0.354. The summed E-state index contributed by atoms with van der Waals surface area (Å²) in [6.45, 7) is 2.28. The summed E-state index contributed by atoms with van der Waals surface area (Å²) >= 11 is 1.14. The molecule has 1 aromatic heterocycles. The van der Waals surface area contributed by atoms with Gasteiger partial charge in [0.15, 0.2) is 17.4 Å². The second kappa shape index (κ2) is 10.2. The van der Waals surface area contributed by atoms with Crippen LogP contribution >= 0.6 is 11.3 Å². The van der Waals surface area contributed by atoms with Gasteiger partial charge in [0.25, 0.3) is 5.91 Å². The lowest BCUT2D eigenvalue weighted by atomic mass is 10.2. The van der Waals surface area contributed by atoms with Crippen molar-refractivity contribution in [1.82, 2.24) is 4.98 Å². The van der Waals surface area contributed by atoms with Crippen LogP contribution in [0.4, 0.5) is 5.13 Å². The molecule has 0 saturated heterocycles. The van der Waals surface area contributed by atoms with Crippen LogP contribution in [0.5, 0.6) is 11.5 Å². The number of amides is 1. The summed E-state index contributed by atoms with van der Waals surface area (Å²) in [6, 6.07) is 16.9. The van der Waals surface area contributed by atoms with Gasteiger partial charge in [-0.3, -0.25) is 10.1 Å². The van der Waals surface area contributed by atoms with Crippen molar-refractivity contribution in [3.8, 4) is 11.5 Å². The second-order valence-electron chi connectivity index (χ2n) is 5.84. The average molecular weight is 412 g/mol. The van der Waals surface area contributed by atoms with Crippen LogP contribution in [0.15, 0.2) is 60.0 Å². The van der Waals surface area contributed by atoms with E-state index >= 15 is 0 Å². The van der Waals surface area contributed by atoms with E-state index in [4.69, 9.17) is 14.2 Å². The molecule has 2 aromatic carbocycles. The Kier molecular flexibility index (Phi) is 7.18. The topological polar surface area (TPSA) is 86.8 Å². The highest BCUT2D eigenvalue weighted by molar-refractivity contribution is 7.14. The molecule has 150 valence electrons. The molecule has 0 bridgehead atoms. The largest absolute Gasteiger partial charge is 0.489 e. The van der Waals surface area contributed by atoms with Crippen molar-refractivity contribution in [3.05, 3.63) is 71.2 Å². The number of anilines is 1. The van der Waals surface area contributed by atoms with Gasteiger partial charge in [-0.05, 0) is 36.8 Å². The third-order valence-corrected chi connectivity index (χ3v) is 4.43. The van der Waals surface area contributed by atoms with Gasteiger partial charge in [-0.2, -0.15) is 0 Å². The van der Waals surface area contributed by atoms with Gasteiger partial charge in [-0.25, -0.2) is 9.78 Å². The molecule has 1 heterocycles. The summed E-state index contributed by atoms with van der Waals surface area (Å²) in [4.78, 5) is 27.6. The fraction of sp³-hybridized carbons (Fsp3) is 0.190. The summed E-state index contributed by atoms with van der Waals surface area (Å²) < 4.78 is 16.0. The van der Waals surface area contributed by atoms with Gasteiger partial charge in [0, 0.05) is 5.38 Å². The van der Waals surface area contributed by atoms with E-state index in [2.05, 4.69) is 10.3 Å². The first-order valence-corrected chi connectivity index (χ1v) is 9.84. The zero-order chi connectivity index (χ0) is 20.5. The Balaban J connectivity index is 1.43. The van der Waals surface area contributed by atoms with Crippen molar-refractivity contribution >= 4 is 28.3 Å². The predicted molar refractivity (Wildman–Crippen MR) is 109 cm³/mol. The first-order valence-electron chi connectivity index (χ1n) is 8.96. The van der Waals surface area contributed by atoms with Crippen molar-refractivity contribution in [1.29, 1.82) is 0 Å². The van der Waals surface area contributed by atoms with E-state index in [1.165, 1.54) is 5.38 Å². The van der Waals surface area contributed by atoms with E-state index in [1.54, 1.807) is 31.2 Å². The van der Waals surface area contributed by atoms with Gasteiger partial charge < -0.3 is 14.2 Å². The van der Waals surface area contributed by atoms with Crippen molar-refractivity contribution in [2.24, 2.45) is 0 Å². The summed E-state index contributed by atoms with van der Waals surface area (Å²) in [5, 5.41) is 4.43. The van der Waals surface area contributed by atoms with E-state index in [1.807, 2.05) is 30.3 Å². The number of thiazole rings is 1. The minimum Gasteiger partial charge on any atom is -0.489 e. The lowest BCUT2D eigenvalue weighted by molar-refractivity contribution is -0.118. The van der Waals surface area contributed by atoms with Crippen LogP contribution in [0.2, 0.25) is 0 Å². The number of rotatable bonds is 9. The maximum atomic E-state index is 12.0. The Labute approximate surface area is 172 Å². The lowest BCUT2D eigenvalue weighted by Crippen LogP contribution is -2.20. The SMILES string of the molecule is CCOC(=O)c1csc(NC(=O)COc2ccc(OCc3ccccc3)cc2)n1. The Bertz CT molecular complexity index is 941. The van der Waals surface area contributed by atoms with Gasteiger partial charge in [0.1, 0.15) is 18.1 Å². The highest BCUT2D eigenvalue weighted by atomic mass is 32.1. The predicted octanol–water partition coefficient (Wildman–Crippen LogP) is 3.92. The molecule has 1 amide bonds. The van der Waals surface area contributed by atoms with Crippen LogP contribution < -0.4 is 14.8 Å². The lowest BCUT2D eigenvalue weighted by Gasteiger charge is -2.08. The maximum absolute atomic E-state index is 12.0. The van der Waals surface area contributed by atoms with Crippen LogP contribution in [0.25, 0.3) is 0 Å². The fourth-order valence-corrected chi connectivity index (χ4v) is 3.00.